The zero-order valence-electron chi connectivity index (χ0n) is 15.6. The molecular formula is C20H22N6O2. The van der Waals surface area contributed by atoms with Crippen LogP contribution in [0.1, 0.15) is 18.7 Å². The molecule has 0 fully saturated rings. The minimum absolute atomic E-state index is 0.322. The van der Waals surface area contributed by atoms with Crippen molar-refractivity contribution in [1.82, 2.24) is 26.0 Å². The average Bonchev–Trinajstić information content (AvgIpc) is 3.15. The van der Waals surface area contributed by atoms with Crippen LogP contribution in [0.2, 0.25) is 0 Å². The van der Waals surface area contributed by atoms with Crippen molar-refractivity contribution in [2.24, 2.45) is 5.10 Å². The Hall–Kier alpha value is -3.39. The van der Waals surface area contributed by atoms with Crippen molar-refractivity contribution < 1.29 is 9.47 Å². The van der Waals surface area contributed by atoms with Gasteiger partial charge in [0.15, 0.2) is 5.82 Å². The van der Waals surface area contributed by atoms with E-state index < -0.39 is 0 Å². The number of rotatable bonds is 8. The highest BCUT2D eigenvalue weighted by Gasteiger charge is 2.09. The minimum atomic E-state index is 0.322. The first-order valence-corrected chi connectivity index (χ1v) is 9.15. The van der Waals surface area contributed by atoms with Crippen molar-refractivity contribution in [1.29, 1.82) is 0 Å². The van der Waals surface area contributed by atoms with Crippen molar-refractivity contribution in [2.75, 3.05) is 13.7 Å². The number of nitrogens with one attached hydrogen (secondary N) is 2. The van der Waals surface area contributed by atoms with Crippen LogP contribution >= 0.6 is 0 Å². The van der Waals surface area contributed by atoms with E-state index in [1.54, 1.807) is 5.12 Å². The predicted octanol–water partition coefficient (Wildman–Crippen LogP) is 2.64. The fraction of sp³-hybridized carbons (Fsp3) is 0.250. The molecule has 28 heavy (non-hydrogen) atoms. The van der Waals surface area contributed by atoms with Gasteiger partial charge in [-0.2, -0.15) is 0 Å². The Kier molecular flexibility index (Phi) is 5.48. The maximum Gasteiger partial charge on any atom is 0.166 e. The summed E-state index contributed by atoms with van der Waals surface area (Å²) in [5.41, 5.74) is 6.82. The van der Waals surface area contributed by atoms with Gasteiger partial charge in [0.25, 0.3) is 0 Å². The highest BCUT2D eigenvalue weighted by atomic mass is 16.5. The van der Waals surface area contributed by atoms with Gasteiger partial charge in [-0.05, 0) is 36.8 Å². The third-order valence-corrected chi connectivity index (χ3v) is 4.19. The molecule has 0 saturated heterocycles. The third kappa shape index (κ3) is 4.66. The highest BCUT2D eigenvalue weighted by Crippen LogP contribution is 2.19. The van der Waals surface area contributed by atoms with Crippen molar-refractivity contribution >= 4 is 16.7 Å². The Morgan fingerprint density at radius 3 is 2.57 bits per heavy atom. The van der Waals surface area contributed by atoms with E-state index >= 15 is 0 Å². The quantitative estimate of drug-likeness (QED) is 0.583. The Bertz CT molecular complexity index is 960. The number of ether oxygens (including phenoxy) is 2. The molecule has 8 nitrogen and oxygen atoms in total. The lowest BCUT2D eigenvalue weighted by Crippen LogP contribution is -2.37. The third-order valence-electron chi connectivity index (χ3n) is 4.19. The second-order valence-electron chi connectivity index (χ2n) is 6.39. The molecule has 0 spiro atoms. The van der Waals surface area contributed by atoms with Gasteiger partial charge in [-0.15, -0.1) is 10.2 Å². The average molecular weight is 378 g/mol. The minimum Gasteiger partial charge on any atom is -0.494 e. The molecular weight excluding hydrogens is 356 g/mol. The molecule has 0 unspecified atom stereocenters. The van der Waals surface area contributed by atoms with Crippen LogP contribution in [-0.4, -0.2) is 34.6 Å². The summed E-state index contributed by atoms with van der Waals surface area (Å²) in [5, 5.41) is 6.86. The van der Waals surface area contributed by atoms with E-state index in [-0.39, 0.29) is 0 Å². The molecule has 0 saturated carbocycles. The molecule has 2 aromatic carbocycles. The van der Waals surface area contributed by atoms with Gasteiger partial charge in [0, 0.05) is 25.1 Å². The number of benzene rings is 2. The van der Waals surface area contributed by atoms with Gasteiger partial charge in [-0.3, -0.25) is 5.43 Å². The van der Waals surface area contributed by atoms with Crippen molar-refractivity contribution in [2.45, 2.75) is 19.4 Å². The van der Waals surface area contributed by atoms with Crippen LogP contribution in [0.5, 0.6) is 11.5 Å². The second-order valence-corrected chi connectivity index (χ2v) is 6.39. The lowest BCUT2D eigenvalue weighted by Gasteiger charge is -2.09. The van der Waals surface area contributed by atoms with E-state index in [1.165, 1.54) is 0 Å². The summed E-state index contributed by atoms with van der Waals surface area (Å²) in [6.07, 6.45) is 3.52. The zero-order chi connectivity index (χ0) is 19.2. The van der Waals surface area contributed by atoms with Gasteiger partial charge in [0.2, 0.25) is 0 Å². The number of amidine groups is 1. The van der Waals surface area contributed by atoms with E-state index in [4.69, 9.17) is 9.47 Å². The molecule has 1 aliphatic rings. The summed E-state index contributed by atoms with van der Waals surface area (Å²) >= 11 is 0. The number of para-hydroxylation sites is 1. The van der Waals surface area contributed by atoms with Gasteiger partial charge in [0.1, 0.15) is 23.9 Å². The smallest absolute Gasteiger partial charge is 0.166 e. The maximum atomic E-state index is 5.78. The second kappa shape index (κ2) is 8.53. The first-order valence-electron chi connectivity index (χ1n) is 9.15. The Morgan fingerprint density at radius 2 is 1.79 bits per heavy atom. The molecule has 0 aliphatic carbocycles. The standard InChI is InChI=1S/C20H22N6O2/c1-26-24-19(23-25-26)7-4-12-27-16-8-10-17(11-9-16)28-14-20-21-13-15-5-2-3-6-18(15)22-20/h2-3,5-6,8-11,13,25H,4,7,12,14H2,1H3,(H,23,24). The van der Waals surface area contributed by atoms with Crippen molar-refractivity contribution in [3.8, 4) is 11.5 Å². The Balaban J connectivity index is 1.22. The van der Waals surface area contributed by atoms with E-state index in [0.29, 0.717) is 19.0 Å². The van der Waals surface area contributed by atoms with Gasteiger partial charge in [0.05, 0.1) is 12.1 Å². The number of hydrazine groups is 2. The van der Waals surface area contributed by atoms with Crippen LogP contribution in [-0.2, 0) is 6.61 Å². The van der Waals surface area contributed by atoms with Gasteiger partial charge < -0.3 is 9.47 Å². The summed E-state index contributed by atoms with van der Waals surface area (Å²) in [6, 6.07) is 15.5. The molecule has 1 aliphatic heterocycles. The Labute approximate surface area is 163 Å². The van der Waals surface area contributed by atoms with Crippen LogP contribution < -0.4 is 20.4 Å². The fourth-order valence-corrected chi connectivity index (χ4v) is 2.78. The molecule has 3 aromatic rings. The van der Waals surface area contributed by atoms with Gasteiger partial charge in [-0.1, -0.05) is 18.2 Å². The first-order chi connectivity index (χ1) is 13.8. The van der Waals surface area contributed by atoms with Crippen LogP contribution in [0.3, 0.4) is 0 Å². The van der Waals surface area contributed by atoms with E-state index in [2.05, 4.69) is 26.0 Å². The van der Waals surface area contributed by atoms with E-state index in [9.17, 15) is 0 Å². The summed E-state index contributed by atoms with van der Waals surface area (Å²) in [6.45, 7) is 0.943. The fourth-order valence-electron chi connectivity index (χ4n) is 2.78. The number of aromatic nitrogens is 2. The lowest BCUT2D eigenvalue weighted by atomic mass is 10.2. The normalized spacial score (nSPS) is 13.7. The number of hydrogen-bond donors (Lipinski definition) is 2. The summed E-state index contributed by atoms with van der Waals surface area (Å²) in [5.74, 6) is 3.13. The van der Waals surface area contributed by atoms with E-state index in [0.717, 1.165) is 41.1 Å². The lowest BCUT2D eigenvalue weighted by molar-refractivity contribution is 0.230. The van der Waals surface area contributed by atoms with Crippen LogP contribution in [0.25, 0.3) is 10.9 Å². The topological polar surface area (TPSA) is 83.9 Å². The van der Waals surface area contributed by atoms with Crippen LogP contribution in [0, 0.1) is 0 Å². The molecule has 0 bridgehead atoms. The number of hydrogen-bond acceptors (Lipinski definition) is 8. The van der Waals surface area contributed by atoms with E-state index in [1.807, 2.05) is 61.8 Å². The monoisotopic (exact) mass is 378 g/mol. The molecule has 0 atom stereocenters. The molecule has 2 N–H and O–H groups in total. The van der Waals surface area contributed by atoms with Gasteiger partial charge >= 0.3 is 0 Å². The molecule has 144 valence electrons. The molecule has 1 aromatic heterocycles. The highest BCUT2D eigenvalue weighted by molar-refractivity contribution is 5.82. The van der Waals surface area contributed by atoms with Crippen molar-refractivity contribution in [3.05, 3.63) is 60.6 Å². The maximum absolute atomic E-state index is 5.78. The zero-order valence-corrected chi connectivity index (χ0v) is 15.6. The predicted molar refractivity (Wildman–Crippen MR) is 107 cm³/mol. The first kappa shape index (κ1) is 18.0. The molecule has 8 heteroatoms. The van der Waals surface area contributed by atoms with Crippen LogP contribution in [0.15, 0.2) is 59.8 Å². The Morgan fingerprint density at radius 1 is 1.00 bits per heavy atom. The largest absolute Gasteiger partial charge is 0.494 e. The molecule has 2 heterocycles. The van der Waals surface area contributed by atoms with Gasteiger partial charge in [-0.25, -0.2) is 15.5 Å². The molecule has 0 radical (unpaired) electrons. The SMILES string of the molecule is CN1NN=C(CCCOc2ccc(OCc3ncc4ccccc4n3)cc2)N1. The van der Waals surface area contributed by atoms with Crippen molar-refractivity contribution in [3.63, 3.8) is 0 Å². The molecule has 4 rings (SSSR count). The van der Waals surface area contributed by atoms with Crippen LogP contribution in [0.4, 0.5) is 0 Å². The molecule has 0 amide bonds. The number of hydrazone groups is 1. The summed E-state index contributed by atoms with van der Waals surface area (Å²) in [4.78, 5) is 8.86. The number of nitrogens with zero attached hydrogens (tertiary/aromatic N) is 4. The summed E-state index contributed by atoms with van der Waals surface area (Å²) < 4.78 is 11.5. The number of fused-ring (bicyclic) bond motifs is 1. The summed E-state index contributed by atoms with van der Waals surface area (Å²) in [7, 11) is 1.86.